The van der Waals surface area contributed by atoms with E-state index in [4.69, 9.17) is 13.9 Å². The van der Waals surface area contributed by atoms with E-state index >= 15 is 0 Å². The maximum Gasteiger partial charge on any atom is 0.216 e. The maximum absolute atomic E-state index is 12.5. The van der Waals surface area contributed by atoms with E-state index in [1.807, 2.05) is 0 Å². The zero-order chi connectivity index (χ0) is 16.3. The summed E-state index contributed by atoms with van der Waals surface area (Å²) in [5.41, 5.74) is 1.06. The molecule has 2 aliphatic rings. The number of ether oxygens (including phenoxy) is 2. The van der Waals surface area contributed by atoms with Gasteiger partial charge in [-0.15, -0.1) is 0 Å². The van der Waals surface area contributed by atoms with E-state index in [-0.39, 0.29) is 17.3 Å². The molecule has 130 valence electrons. The van der Waals surface area contributed by atoms with E-state index in [2.05, 4.69) is 0 Å². The van der Waals surface area contributed by atoms with Crippen molar-refractivity contribution >= 4 is 10.0 Å². The van der Waals surface area contributed by atoms with Crippen LogP contribution in [0.15, 0.2) is 23.0 Å². The van der Waals surface area contributed by atoms with Crippen molar-refractivity contribution in [3.8, 4) is 0 Å². The molecule has 0 saturated carbocycles. The Morgan fingerprint density at radius 3 is 2.70 bits per heavy atom. The van der Waals surface area contributed by atoms with Crippen molar-refractivity contribution in [3.05, 3.63) is 24.2 Å². The van der Waals surface area contributed by atoms with Crippen LogP contribution in [0.4, 0.5) is 0 Å². The summed E-state index contributed by atoms with van der Waals surface area (Å²) in [6.45, 7) is 2.56. The van der Waals surface area contributed by atoms with Gasteiger partial charge < -0.3 is 13.9 Å². The molecule has 0 bridgehead atoms. The number of hydrogen-bond donors (Lipinski definition) is 0. The standard InChI is InChI=1S/C16H25NO5S/c1-17(10-14-3-7-21-11-14)23(18,19)12-15-2-4-16(13-22-15)5-8-20-9-6-16/h3,7,11,15H,2,4-6,8-10,12-13H2,1H3. The first-order valence-corrected chi connectivity index (χ1v) is 9.75. The fraction of sp³-hybridized carbons (Fsp3) is 0.750. The van der Waals surface area contributed by atoms with Crippen molar-refractivity contribution in [2.45, 2.75) is 38.3 Å². The Morgan fingerprint density at radius 2 is 2.09 bits per heavy atom. The SMILES string of the molecule is CN(Cc1ccoc1)S(=O)(=O)CC1CCC2(CCOCC2)CO1. The van der Waals surface area contributed by atoms with Gasteiger partial charge in [-0.2, -0.15) is 0 Å². The first kappa shape index (κ1) is 17.0. The van der Waals surface area contributed by atoms with Gasteiger partial charge in [0, 0.05) is 32.4 Å². The molecular weight excluding hydrogens is 318 g/mol. The molecule has 0 radical (unpaired) electrons. The van der Waals surface area contributed by atoms with Gasteiger partial charge in [0.1, 0.15) is 0 Å². The van der Waals surface area contributed by atoms with E-state index in [1.165, 1.54) is 4.31 Å². The highest BCUT2D eigenvalue weighted by molar-refractivity contribution is 7.89. The van der Waals surface area contributed by atoms with Crippen LogP contribution in [0.25, 0.3) is 0 Å². The highest BCUT2D eigenvalue weighted by Gasteiger charge is 2.39. The summed E-state index contributed by atoms with van der Waals surface area (Å²) in [5, 5.41) is 0. The zero-order valence-electron chi connectivity index (χ0n) is 13.6. The van der Waals surface area contributed by atoms with Crippen LogP contribution in [0.5, 0.6) is 0 Å². The number of hydrogen-bond acceptors (Lipinski definition) is 5. The fourth-order valence-electron chi connectivity index (χ4n) is 3.35. The van der Waals surface area contributed by atoms with E-state index in [1.54, 1.807) is 25.6 Å². The molecule has 1 aromatic heterocycles. The second-order valence-electron chi connectivity index (χ2n) is 6.75. The van der Waals surface area contributed by atoms with Gasteiger partial charge >= 0.3 is 0 Å². The lowest BCUT2D eigenvalue weighted by Gasteiger charge is -2.42. The lowest BCUT2D eigenvalue weighted by Crippen LogP contribution is -2.43. The van der Waals surface area contributed by atoms with Gasteiger partial charge in [-0.3, -0.25) is 0 Å². The van der Waals surface area contributed by atoms with Gasteiger partial charge in [-0.05, 0) is 37.2 Å². The predicted molar refractivity (Wildman–Crippen MR) is 85.4 cm³/mol. The van der Waals surface area contributed by atoms with Crippen LogP contribution in [-0.2, 0) is 26.0 Å². The molecule has 0 aromatic carbocycles. The molecule has 2 aliphatic heterocycles. The molecule has 0 N–H and O–H groups in total. The van der Waals surface area contributed by atoms with Gasteiger partial charge in [0.25, 0.3) is 0 Å². The average molecular weight is 343 g/mol. The highest BCUT2D eigenvalue weighted by Crippen LogP contribution is 2.40. The van der Waals surface area contributed by atoms with Gasteiger partial charge in [-0.25, -0.2) is 12.7 Å². The average Bonchev–Trinajstić information content (AvgIpc) is 3.03. The molecule has 23 heavy (non-hydrogen) atoms. The van der Waals surface area contributed by atoms with Gasteiger partial charge in [0.15, 0.2) is 0 Å². The van der Waals surface area contributed by atoms with Crippen molar-refractivity contribution in [2.24, 2.45) is 5.41 Å². The van der Waals surface area contributed by atoms with Crippen molar-refractivity contribution in [1.82, 2.24) is 4.31 Å². The molecule has 7 heteroatoms. The molecule has 0 aliphatic carbocycles. The molecule has 6 nitrogen and oxygen atoms in total. The van der Waals surface area contributed by atoms with Crippen LogP contribution in [0.1, 0.15) is 31.2 Å². The molecule has 2 saturated heterocycles. The summed E-state index contributed by atoms with van der Waals surface area (Å²) >= 11 is 0. The normalized spacial score (nSPS) is 25.0. The Bertz CT molecular complexity index is 582. The van der Waals surface area contributed by atoms with Crippen LogP contribution in [-0.4, -0.2) is 51.4 Å². The van der Waals surface area contributed by atoms with Crippen LogP contribution in [0.3, 0.4) is 0 Å². The van der Waals surface area contributed by atoms with Crippen molar-refractivity contribution in [2.75, 3.05) is 32.6 Å². The summed E-state index contributed by atoms with van der Waals surface area (Å²) in [4.78, 5) is 0. The third-order valence-electron chi connectivity index (χ3n) is 5.03. The van der Waals surface area contributed by atoms with Crippen LogP contribution in [0, 0.1) is 5.41 Å². The summed E-state index contributed by atoms with van der Waals surface area (Å²) in [5.74, 6) is 0.0495. The molecule has 1 aromatic rings. The monoisotopic (exact) mass is 343 g/mol. The summed E-state index contributed by atoms with van der Waals surface area (Å²) in [7, 11) is -1.73. The van der Waals surface area contributed by atoms with Crippen molar-refractivity contribution in [3.63, 3.8) is 0 Å². The molecule has 0 amide bonds. The molecule has 2 fully saturated rings. The zero-order valence-corrected chi connectivity index (χ0v) is 14.4. The Morgan fingerprint density at radius 1 is 1.30 bits per heavy atom. The van der Waals surface area contributed by atoms with Crippen molar-refractivity contribution in [1.29, 1.82) is 0 Å². The third kappa shape index (κ3) is 4.15. The summed E-state index contributed by atoms with van der Waals surface area (Å²) < 4.78 is 42.7. The topological polar surface area (TPSA) is 69.0 Å². The molecule has 3 rings (SSSR count). The Balaban J connectivity index is 1.52. The number of nitrogens with zero attached hydrogens (tertiary/aromatic N) is 1. The Kier molecular flexibility index (Phi) is 5.10. The lowest BCUT2D eigenvalue weighted by atomic mass is 9.75. The van der Waals surface area contributed by atoms with Crippen LogP contribution < -0.4 is 0 Å². The molecule has 1 unspecified atom stereocenters. The predicted octanol–water partition coefficient (Wildman–Crippen LogP) is 2.02. The number of rotatable bonds is 5. The van der Waals surface area contributed by atoms with Gasteiger partial charge in [0.05, 0.1) is 31.0 Å². The second-order valence-corrected chi connectivity index (χ2v) is 8.87. The Hall–Kier alpha value is -0.890. The van der Waals surface area contributed by atoms with Crippen molar-refractivity contribution < 1.29 is 22.3 Å². The van der Waals surface area contributed by atoms with Crippen LogP contribution >= 0.6 is 0 Å². The largest absolute Gasteiger partial charge is 0.472 e. The van der Waals surface area contributed by atoms with E-state index < -0.39 is 10.0 Å². The van der Waals surface area contributed by atoms with E-state index in [0.29, 0.717) is 13.2 Å². The molecule has 1 atom stereocenters. The molecular formula is C16H25NO5S. The minimum Gasteiger partial charge on any atom is -0.472 e. The quantitative estimate of drug-likeness (QED) is 0.818. The van der Waals surface area contributed by atoms with Gasteiger partial charge in [-0.1, -0.05) is 0 Å². The number of sulfonamides is 1. The lowest BCUT2D eigenvalue weighted by molar-refractivity contribution is -0.0985. The molecule has 3 heterocycles. The summed E-state index contributed by atoms with van der Waals surface area (Å²) in [6, 6.07) is 1.78. The smallest absolute Gasteiger partial charge is 0.216 e. The van der Waals surface area contributed by atoms with Crippen LogP contribution in [0.2, 0.25) is 0 Å². The van der Waals surface area contributed by atoms with Gasteiger partial charge in [0.2, 0.25) is 10.0 Å². The minimum atomic E-state index is -3.34. The highest BCUT2D eigenvalue weighted by atomic mass is 32.2. The first-order chi connectivity index (χ1) is 11.0. The minimum absolute atomic E-state index is 0.0495. The molecule has 1 spiro atoms. The first-order valence-electron chi connectivity index (χ1n) is 8.14. The Labute approximate surface area is 137 Å². The second kappa shape index (κ2) is 6.93. The van der Waals surface area contributed by atoms with E-state index in [9.17, 15) is 8.42 Å². The van der Waals surface area contributed by atoms with E-state index in [0.717, 1.165) is 44.5 Å². The third-order valence-corrected chi connectivity index (χ3v) is 6.90. The number of furan rings is 1. The fourth-order valence-corrected chi connectivity index (χ4v) is 4.68. The maximum atomic E-state index is 12.5. The summed E-state index contributed by atoms with van der Waals surface area (Å²) in [6.07, 6.45) is 6.78.